The number of rotatable bonds is 9. The zero-order valence-corrected chi connectivity index (χ0v) is 19.4. The number of carbonyl (C=O) groups is 2. The number of thioether (sulfide) groups is 2. The fourth-order valence-corrected chi connectivity index (χ4v) is 5.76. The molecule has 2 N–H and O–H groups in total. The monoisotopic (exact) mass is 487 g/mol. The van der Waals surface area contributed by atoms with Crippen LogP contribution in [0.4, 0.5) is 10.3 Å². The zero-order valence-electron chi connectivity index (χ0n) is 16.1. The highest BCUT2D eigenvalue weighted by Gasteiger charge is 2.12. The van der Waals surface area contributed by atoms with Gasteiger partial charge in [0.2, 0.25) is 16.9 Å². The smallest absolute Gasteiger partial charge is 0.236 e. The van der Waals surface area contributed by atoms with Gasteiger partial charge in [-0.05, 0) is 17.7 Å². The molecule has 0 aliphatic heterocycles. The number of hydrogen-bond acceptors (Lipinski definition) is 9. The van der Waals surface area contributed by atoms with Crippen LogP contribution >= 0.6 is 46.2 Å². The molecule has 0 aliphatic rings. The largest absolute Gasteiger partial charge is 0.301 e. The minimum absolute atomic E-state index is 0.123. The normalized spacial score (nSPS) is 10.8. The summed E-state index contributed by atoms with van der Waals surface area (Å²) in [6, 6.07) is 17.7. The van der Waals surface area contributed by atoms with Crippen LogP contribution in [-0.4, -0.2) is 38.5 Å². The van der Waals surface area contributed by atoms with Gasteiger partial charge >= 0.3 is 0 Å². The quantitative estimate of drug-likeness (QED) is 0.260. The van der Waals surface area contributed by atoms with Crippen molar-refractivity contribution < 1.29 is 9.59 Å². The zero-order chi connectivity index (χ0) is 21.5. The van der Waals surface area contributed by atoms with Gasteiger partial charge in [0.25, 0.3) is 0 Å². The van der Waals surface area contributed by atoms with Crippen molar-refractivity contribution in [1.82, 2.24) is 15.2 Å². The van der Waals surface area contributed by atoms with Crippen LogP contribution in [0.15, 0.2) is 58.9 Å². The molecule has 0 fully saturated rings. The van der Waals surface area contributed by atoms with Crippen molar-refractivity contribution in [3.8, 4) is 0 Å². The lowest BCUT2D eigenvalue weighted by Gasteiger charge is -2.02. The predicted molar refractivity (Wildman–Crippen MR) is 130 cm³/mol. The van der Waals surface area contributed by atoms with Gasteiger partial charge in [-0.15, -0.1) is 22.0 Å². The number of carbonyl (C=O) groups excluding carboxylic acids is 2. The molecule has 158 valence electrons. The van der Waals surface area contributed by atoms with Crippen LogP contribution in [0.5, 0.6) is 0 Å². The summed E-state index contributed by atoms with van der Waals surface area (Å²) < 4.78 is 1.64. The summed E-state index contributed by atoms with van der Waals surface area (Å²) in [4.78, 5) is 28.7. The van der Waals surface area contributed by atoms with Gasteiger partial charge in [0.15, 0.2) is 9.47 Å². The number of nitrogens with zero attached hydrogens (tertiary/aromatic N) is 3. The molecule has 0 atom stereocenters. The lowest BCUT2D eigenvalue weighted by atomic mass is 10.2. The molecular formula is C20H17N5O2S4. The summed E-state index contributed by atoms with van der Waals surface area (Å²) in [5.74, 6) is 1.01. The van der Waals surface area contributed by atoms with Crippen molar-refractivity contribution in [1.29, 1.82) is 0 Å². The van der Waals surface area contributed by atoms with Crippen LogP contribution in [0.25, 0.3) is 10.2 Å². The molecule has 2 aromatic carbocycles. The number of para-hydroxylation sites is 1. The Bertz CT molecular complexity index is 1150. The molecule has 4 rings (SSSR count). The van der Waals surface area contributed by atoms with E-state index in [4.69, 9.17) is 0 Å². The predicted octanol–water partition coefficient (Wildman–Crippen LogP) is 4.75. The summed E-state index contributed by atoms with van der Waals surface area (Å²) in [5, 5.41) is 14.6. The third-order valence-electron chi connectivity index (χ3n) is 3.86. The van der Waals surface area contributed by atoms with E-state index in [1.165, 1.54) is 51.8 Å². The molecule has 11 heteroatoms. The van der Waals surface area contributed by atoms with E-state index in [9.17, 15) is 9.59 Å². The Morgan fingerprint density at radius 3 is 2.42 bits per heavy atom. The van der Waals surface area contributed by atoms with Crippen LogP contribution < -0.4 is 10.6 Å². The SMILES string of the molecule is O=C(CSCc1ccccc1)Nc1nnc(SCC(=O)Nc2nc3ccccc3s2)s1. The minimum Gasteiger partial charge on any atom is -0.301 e. The van der Waals surface area contributed by atoms with Crippen LogP contribution in [-0.2, 0) is 15.3 Å². The molecule has 0 unspecified atom stereocenters. The summed E-state index contributed by atoms with van der Waals surface area (Å²) in [6.07, 6.45) is 0. The van der Waals surface area contributed by atoms with E-state index in [1.807, 2.05) is 54.6 Å². The third kappa shape index (κ3) is 6.50. The Kier molecular flexibility index (Phi) is 7.52. The highest BCUT2D eigenvalue weighted by atomic mass is 32.2. The topological polar surface area (TPSA) is 96.9 Å². The van der Waals surface area contributed by atoms with Crippen LogP contribution in [0.1, 0.15) is 5.56 Å². The second-order valence-corrected chi connectivity index (χ2v) is 10.4. The molecule has 7 nitrogen and oxygen atoms in total. The number of anilines is 2. The van der Waals surface area contributed by atoms with Gasteiger partial charge in [-0.2, -0.15) is 0 Å². The Hall–Kier alpha value is -2.47. The maximum absolute atomic E-state index is 12.2. The van der Waals surface area contributed by atoms with Gasteiger partial charge in [0.05, 0.1) is 21.7 Å². The molecule has 0 spiro atoms. The van der Waals surface area contributed by atoms with Gasteiger partial charge < -0.3 is 5.32 Å². The first-order valence-corrected chi connectivity index (χ1v) is 13.0. The van der Waals surface area contributed by atoms with E-state index in [1.54, 1.807) is 0 Å². The van der Waals surface area contributed by atoms with Crippen molar-refractivity contribution in [3.05, 3.63) is 60.2 Å². The summed E-state index contributed by atoms with van der Waals surface area (Å²) in [5.41, 5.74) is 2.04. The molecule has 4 aromatic rings. The van der Waals surface area contributed by atoms with E-state index in [0.717, 1.165) is 16.0 Å². The lowest BCUT2D eigenvalue weighted by Crippen LogP contribution is -2.14. The summed E-state index contributed by atoms with van der Waals surface area (Å²) >= 11 is 5.49. The van der Waals surface area contributed by atoms with E-state index in [-0.39, 0.29) is 17.6 Å². The third-order valence-corrected chi connectivity index (χ3v) is 7.79. The van der Waals surface area contributed by atoms with Crippen LogP contribution in [0.3, 0.4) is 0 Å². The number of thiazole rings is 1. The van der Waals surface area contributed by atoms with Gasteiger partial charge in [-0.1, -0.05) is 76.9 Å². The lowest BCUT2D eigenvalue weighted by molar-refractivity contribution is -0.114. The first-order chi connectivity index (χ1) is 15.2. The maximum atomic E-state index is 12.2. The first-order valence-electron chi connectivity index (χ1n) is 9.19. The number of nitrogens with one attached hydrogen (secondary N) is 2. The van der Waals surface area contributed by atoms with Crippen LogP contribution in [0.2, 0.25) is 0 Å². The number of hydrogen-bond donors (Lipinski definition) is 2. The van der Waals surface area contributed by atoms with Gasteiger partial charge in [0.1, 0.15) is 0 Å². The fraction of sp³-hybridized carbons (Fsp3) is 0.150. The van der Waals surface area contributed by atoms with Gasteiger partial charge in [-0.25, -0.2) is 4.98 Å². The fourth-order valence-electron chi connectivity index (χ4n) is 2.52. The van der Waals surface area contributed by atoms with E-state index in [2.05, 4.69) is 25.8 Å². The molecule has 2 amide bonds. The highest BCUT2D eigenvalue weighted by Crippen LogP contribution is 2.28. The van der Waals surface area contributed by atoms with E-state index in [0.29, 0.717) is 20.4 Å². The number of fused-ring (bicyclic) bond motifs is 1. The van der Waals surface area contributed by atoms with Crippen molar-refractivity contribution in [2.45, 2.75) is 10.1 Å². The average molecular weight is 488 g/mol. The Morgan fingerprint density at radius 1 is 0.839 bits per heavy atom. The van der Waals surface area contributed by atoms with Crippen molar-refractivity contribution in [2.24, 2.45) is 0 Å². The first kappa shape index (κ1) is 21.8. The summed E-state index contributed by atoms with van der Waals surface area (Å²) in [7, 11) is 0. The second-order valence-electron chi connectivity index (χ2n) is 6.22. The molecule has 31 heavy (non-hydrogen) atoms. The Labute approximate surface area is 195 Å². The molecule has 0 saturated heterocycles. The Morgan fingerprint density at radius 2 is 1.58 bits per heavy atom. The van der Waals surface area contributed by atoms with Gasteiger partial charge in [0, 0.05) is 5.75 Å². The molecule has 2 heterocycles. The standard InChI is InChI=1S/C20H17N5O2S4/c26-16(11-28-10-13-6-2-1-3-7-13)23-19-24-25-20(31-19)29-12-17(27)22-18-21-14-8-4-5-9-15(14)30-18/h1-9H,10-12H2,(H,21,22,27)(H,23,24,26). The second kappa shape index (κ2) is 10.7. The molecule has 0 aliphatic carbocycles. The maximum Gasteiger partial charge on any atom is 0.236 e. The number of benzene rings is 2. The van der Waals surface area contributed by atoms with Crippen molar-refractivity contribution in [3.63, 3.8) is 0 Å². The number of aromatic nitrogens is 3. The average Bonchev–Trinajstić information content (AvgIpc) is 3.39. The van der Waals surface area contributed by atoms with Crippen LogP contribution in [0, 0.1) is 0 Å². The van der Waals surface area contributed by atoms with Crippen molar-refractivity contribution >= 4 is 78.5 Å². The molecule has 0 radical (unpaired) electrons. The molecular weight excluding hydrogens is 471 g/mol. The highest BCUT2D eigenvalue weighted by molar-refractivity contribution is 8.01. The Balaban J connectivity index is 1.19. The number of amides is 2. The minimum atomic E-state index is -0.165. The molecule has 0 saturated carbocycles. The van der Waals surface area contributed by atoms with Gasteiger partial charge in [-0.3, -0.25) is 14.9 Å². The van der Waals surface area contributed by atoms with E-state index < -0.39 is 0 Å². The van der Waals surface area contributed by atoms with E-state index >= 15 is 0 Å². The van der Waals surface area contributed by atoms with Crippen molar-refractivity contribution in [2.75, 3.05) is 22.1 Å². The molecule has 0 bridgehead atoms. The summed E-state index contributed by atoms with van der Waals surface area (Å²) in [6.45, 7) is 0. The molecule has 2 aromatic heterocycles.